The summed E-state index contributed by atoms with van der Waals surface area (Å²) in [5.41, 5.74) is 3.19. The Kier molecular flexibility index (Phi) is 4.90. The summed E-state index contributed by atoms with van der Waals surface area (Å²) in [4.78, 5) is 12.2. The maximum Gasteiger partial charge on any atom is 0.271 e. The third-order valence-corrected chi connectivity index (χ3v) is 4.46. The first-order chi connectivity index (χ1) is 13.7. The zero-order valence-corrected chi connectivity index (χ0v) is 15.3. The second kappa shape index (κ2) is 7.66. The molecule has 0 saturated carbocycles. The third-order valence-electron chi connectivity index (χ3n) is 4.46. The number of methoxy groups -OCH3 is 1. The molecular formula is C21H19FN4O2. The van der Waals surface area contributed by atoms with Crippen molar-refractivity contribution >= 4 is 11.4 Å². The van der Waals surface area contributed by atoms with Crippen LogP contribution in [0.25, 0.3) is 22.5 Å². The van der Waals surface area contributed by atoms with Crippen molar-refractivity contribution in [3.05, 3.63) is 78.5 Å². The molecule has 1 N–H and O–H groups in total. The van der Waals surface area contributed by atoms with Gasteiger partial charge in [0.25, 0.3) is 5.91 Å². The van der Waals surface area contributed by atoms with E-state index in [2.05, 4.69) is 10.4 Å². The SMILES string of the molecule is COCCNC(=O)c1ccn(-c2ccc3ccc(-c4ccc(F)cc4)cn23)n1. The first-order valence-electron chi connectivity index (χ1n) is 8.86. The monoisotopic (exact) mass is 378 g/mol. The first-order valence-corrected chi connectivity index (χ1v) is 8.86. The van der Waals surface area contributed by atoms with Crippen LogP contribution in [-0.4, -0.2) is 40.3 Å². The third kappa shape index (κ3) is 3.52. The van der Waals surface area contributed by atoms with Gasteiger partial charge in [0.2, 0.25) is 0 Å². The van der Waals surface area contributed by atoms with Crippen molar-refractivity contribution in [3.8, 4) is 16.9 Å². The highest BCUT2D eigenvalue weighted by molar-refractivity contribution is 5.92. The van der Waals surface area contributed by atoms with Crippen LogP contribution in [0.2, 0.25) is 0 Å². The number of carbonyl (C=O) groups is 1. The summed E-state index contributed by atoms with van der Waals surface area (Å²) in [6, 6.07) is 15.9. The van der Waals surface area contributed by atoms with Gasteiger partial charge in [0.15, 0.2) is 5.69 Å². The molecular weight excluding hydrogens is 359 g/mol. The number of hydrogen-bond acceptors (Lipinski definition) is 3. The zero-order valence-electron chi connectivity index (χ0n) is 15.3. The van der Waals surface area contributed by atoms with E-state index < -0.39 is 0 Å². The highest BCUT2D eigenvalue weighted by Gasteiger charge is 2.12. The summed E-state index contributed by atoms with van der Waals surface area (Å²) in [6.07, 6.45) is 3.72. The van der Waals surface area contributed by atoms with Crippen molar-refractivity contribution in [2.24, 2.45) is 0 Å². The van der Waals surface area contributed by atoms with Crippen LogP contribution < -0.4 is 5.32 Å². The normalized spacial score (nSPS) is 11.1. The number of nitrogens with zero attached hydrogens (tertiary/aromatic N) is 3. The van der Waals surface area contributed by atoms with E-state index in [4.69, 9.17) is 4.74 Å². The fourth-order valence-corrected chi connectivity index (χ4v) is 3.02. The molecule has 7 heteroatoms. The molecule has 1 aromatic carbocycles. The van der Waals surface area contributed by atoms with Gasteiger partial charge in [-0.15, -0.1) is 0 Å². The fourth-order valence-electron chi connectivity index (χ4n) is 3.02. The van der Waals surface area contributed by atoms with Gasteiger partial charge in [-0.1, -0.05) is 18.2 Å². The van der Waals surface area contributed by atoms with Crippen LogP contribution in [0.1, 0.15) is 10.5 Å². The largest absolute Gasteiger partial charge is 0.383 e. The lowest BCUT2D eigenvalue weighted by Gasteiger charge is -2.07. The summed E-state index contributed by atoms with van der Waals surface area (Å²) in [5, 5.41) is 7.14. The molecule has 0 bridgehead atoms. The summed E-state index contributed by atoms with van der Waals surface area (Å²) < 4.78 is 21.8. The van der Waals surface area contributed by atoms with Gasteiger partial charge >= 0.3 is 0 Å². The Hall–Kier alpha value is -3.45. The molecule has 0 spiro atoms. The Morgan fingerprint density at radius 2 is 1.82 bits per heavy atom. The molecule has 142 valence electrons. The van der Waals surface area contributed by atoms with E-state index in [0.29, 0.717) is 18.8 Å². The number of pyridine rings is 1. The average Bonchev–Trinajstić information content (AvgIpc) is 3.35. The molecule has 0 fully saturated rings. The lowest BCUT2D eigenvalue weighted by Crippen LogP contribution is -2.27. The van der Waals surface area contributed by atoms with E-state index in [1.807, 2.05) is 34.9 Å². The van der Waals surface area contributed by atoms with Crippen molar-refractivity contribution in [1.82, 2.24) is 19.5 Å². The van der Waals surface area contributed by atoms with Crippen LogP contribution in [-0.2, 0) is 4.74 Å². The van der Waals surface area contributed by atoms with Crippen LogP contribution in [0.15, 0.2) is 67.0 Å². The number of aromatic nitrogens is 3. The van der Waals surface area contributed by atoms with Crippen LogP contribution in [0.5, 0.6) is 0 Å². The lowest BCUT2D eigenvalue weighted by molar-refractivity contribution is 0.0931. The summed E-state index contributed by atoms with van der Waals surface area (Å²) in [6.45, 7) is 0.874. The molecule has 0 atom stereocenters. The Labute approximate surface area is 161 Å². The topological polar surface area (TPSA) is 60.6 Å². The number of ether oxygens (including phenoxy) is 1. The maximum atomic E-state index is 13.2. The number of nitrogens with one attached hydrogen (secondary N) is 1. The van der Waals surface area contributed by atoms with Gasteiger partial charge in [-0.2, -0.15) is 5.10 Å². The van der Waals surface area contributed by atoms with Crippen LogP contribution >= 0.6 is 0 Å². The number of benzene rings is 1. The second-order valence-electron chi connectivity index (χ2n) is 6.31. The summed E-state index contributed by atoms with van der Waals surface area (Å²) >= 11 is 0. The molecule has 28 heavy (non-hydrogen) atoms. The van der Waals surface area contributed by atoms with E-state index in [-0.39, 0.29) is 11.7 Å². The van der Waals surface area contributed by atoms with E-state index in [9.17, 15) is 9.18 Å². The van der Waals surface area contributed by atoms with Gasteiger partial charge in [-0.25, -0.2) is 9.07 Å². The van der Waals surface area contributed by atoms with Crippen LogP contribution in [0.4, 0.5) is 4.39 Å². The average molecular weight is 378 g/mol. The molecule has 0 saturated heterocycles. The van der Waals surface area contributed by atoms with Crippen molar-refractivity contribution in [2.45, 2.75) is 0 Å². The van der Waals surface area contributed by atoms with Crippen LogP contribution in [0.3, 0.4) is 0 Å². The molecule has 0 unspecified atom stereocenters. The number of halogens is 1. The molecule has 3 heterocycles. The molecule has 6 nitrogen and oxygen atoms in total. The fraction of sp³-hybridized carbons (Fsp3) is 0.143. The molecule has 0 aliphatic rings. The van der Waals surface area contributed by atoms with E-state index in [1.54, 1.807) is 36.2 Å². The predicted octanol–water partition coefficient (Wildman–Crippen LogP) is 3.31. The Morgan fingerprint density at radius 3 is 2.61 bits per heavy atom. The van der Waals surface area contributed by atoms with E-state index in [0.717, 1.165) is 22.5 Å². The minimum atomic E-state index is -0.265. The molecule has 0 aliphatic heterocycles. The van der Waals surface area contributed by atoms with E-state index in [1.165, 1.54) is 12.1 Å². The summed E-state index contributed by atoms with van der Waals surface area (Å²) in [7, 11) is 1.58. The molecule has 4 rings (SSSR count). The van der Waals surface area contributed by atoms with Crippen molar-refractivity contribution < 1.29 is 13.9 Å². The van der Waals surface area contributed by atoms with Gasteiger partial charge in [0.05, 0.1) is 6.61 Å². The van der Waals surface area contributed by atoms with Gasteiger partial charge in [0.1, 0.15) is 11.6 Å². The van der Waals surface area contributed by atoms with Crippen molar-refractivity contribution in [1.29, 1.82) is 0 Å². The zero-order chi connectivity index (χ0) is 19.5. The highest BCUT2D eigenvalue weighted by Crippen LogP contribution is 2.23. The van der Waals surface area contributed by atoms with Gasteiger partial charge in [-0.05, 0) is 47.5 Å². The second-order valence-corrected chi connectivity index (χ2v) is 6.31. The lowest BCUT2D eigenvalue weighted by atomic mass is 10.1. The van der Waals surface area contributed by atoms with Crippen molar-refractivity contribution in [2.75, 3.05) is 20.3 Å². The molecule has 0 radical (unpaired) electrons. The van der Waals surface area contributed by atoms with E-state index >= 15 is 0 Å². The maximum absolute atomic E-state index is 13.2. The van der Waals surface area contributed by atoms with Gasteiger partial charge < -0.3 is 14.5 Å². The van der Waals surface area contributed by atoms with Gasteiger partial charge in [-0.3, -0.25) is 4.79 Å². The Balaban J connectivity index is 1.65. The number of hydrogen-bond donors (Lipinski definition) is 1. The smallest absolute Gasteiger partial charge is 0.271 e. The standard InChI is InChI=1S/C21H19FN4O2/c1-28-13-11-23-21(27)19-10-12-26(24-19)20-9-8-18-7-4-16(14-25(18)20)15-2-5-17(22)6-3-15/h2-10,12,14H,11,13H2,1H3,(H,23,27). The van der Waals surface area contributed by atoms with Crippen molar-refractivity contribution in [3.63, 3.8) is 0 Å². The Bertz CT molecular complexity index is 1120. The first kappa shape index (κ1) is 17.9. The quantitative estimate of drug-likeness (QED) is 0.524. The number of carbonyl (C=O) groups excluding carboxylic acids is 1. The minimum absolute atomic E-state index is 0.247. The highest BCUT2D eigenvalue weighted by atomic mass is 19.1. The number of fused-ring (bicyclic) bond motifs is 1. The Morgan fingerprint density at radius 1 is 1.07 bits per heavy atom. The molecule has 4 aromatic rings. The predicted molar refractivity (Wildman–Crippen MR) is 104 cm³/mol. The summed E-state index contributed by atoms with van der Waals surface area (Å²) in [5.74, 6) is 0.290. The number of rotatable bonds is 6. The van der Waals surface area contributed by atoms with Gasteiger partial charge in [0, 0.05) is 31.6 Å². The molecule has 0 aliphatic carbocycles. The number of amides is 1. The minimum Gasteiger partial charge on any atom is -0.383 e. The molecule has 1 amide bonds. The van der Waals surface area contributed by atoms with Crippen LogP contribution in [0, 0.1) is 5.82 Å². The molecule has 3 aromatic heterocycles.